The van der Waals surface area contributed by atoms with Gasteiger partial charge in [0.1, 0.15) is 0 Å². The summed E-state index contributed by atoms with van der Waals surface area (Å²) in [6.45, 7) is 0. The molecule has 36 heavy (non-hydrogen) atoms. The standard InChI is InChI=1S/C26H14F9N/c27-24(28,29)18-7-1-15(2-8-18)21-13-14-22(16-3-9-19(10-4-16)25(30,31)32)36-23(21)17-5-11-20(12-6-17)26(33,34)35/h1-14H. The lowest BCUT2D eigenvalue weighted by atomic mass is 9.96. The van der Waals surface area contributed by atoms with E-state index in [-0.39, 0.29) is 17.0 Å². The second-order valence-electron chi connectivity index (χ2n) is 7.82. The molecule has 10 heteroatoms. The number of aromatic nitrogens is 1. The smallest absolute Gasteiger partial charge is 0.247 e. The zero-order valence-electron chi connectivity index (χ0n) is 17.9. The van der Waals surface area contributed by atoms with Crippen molar-refractivity contribution in [3.8, 4) is 33.6 Å². The molecular weight excluding hydrogens is 497 g/mol. The van der Waals surface area contributed by atoms with Gasteiger partial charge in [-0.3, -0.25) is 0 Å². The van der Waals surface area contributed by atoms with Crippen LogP contribution >= 0.6 is 0 Å². The third kappa shape index (κ3) is 5.37. The molecule has 0 aliphatic carbocycles. The highest BCUT2D eigenvalue weighted by molar-refractivity contribution is 5.83. The first-order valence-corrected chi connectivity index (χ1v) is 10.3. The molecule has 3 aromatic carbocycles. The van der Waals surface area contributed by atoms with Crippen LogP contribution in [0.25, 0.3) is 33.6 Å². The number of alkyl halides is 9. The molecule has 186 valence electrons. The van der Waals surface area contributed by atoms with E-state index in [0.29, 0.717) is 16.7 Å². The predicted molar refractivity (Wildman–Crippen MR) is 116 cm³/mol. The number of halogens is 9. The van der Waals surface area contributed by atoms with Gasteiger partial charge in [0.05, 0.1) is 28.1 Å². The van der Waals surface area contributed by atoms with Gasteiger partial charge in [-0.05, 0) is 48.0 Å². The summed E-state index contributed by atoms with van der Waals surface area (Å²) in [7, 11) is 0. The van der Waals surface area contributed by atoms with Gasteiger partial charge in [0.2, 0.25) is 0 Å². The van der Waals surface area contributed by atoms with Gasteiger partial charge in [0.15, 0.2) is 0 Å². The van der Waals surface area contributed by atoms with Gasteiger partial charge in [-0.25, -0.2) is 4.98 Å². The molecule has 4 rings (SSSR count). The van der Waals surface area contributed by atoms with E-state index in [1.807, 2.05) is 0 Å². The summed E-state index contributed by atoms with van der Waals surface area (Å²) in [4.78, 5) is 4.46. The average Bonchev–Trinajstić information content (AvgIpc) is 2.82. The topological polar surface area (TPSA) is 12.9 Å². The van der Waals surface area contributed by atoms with Crippen LogP contribution in [0.3, 0.4) is 0 Å². The van der Waals surface area contributed by atoms with Gasteiger partial charge in [-0.15, -0.1) is 0 Å². The fraction of sp³-hybridized carbons (Fsp3) is 0.115. The van der Waals surface area contributed by atoms with Crippen molar-refractivity contribution in [1.82, 2.24) is 4.98 Å². The molecule has 0 saturated carbocycles. The Morgan fingerprint density at radius 3 is 1.14 bits per heavy atom. The minimum Gasteiger partial charge on any atom is -0.247 e. The first-order chi connectivity index (χ1) is 16.7. The molecule has 0 aliphatic heterocycles. The van der Waals surface area contributed by atoms with Crippen molar-refractivity contribution >= 4 is 0 Å². The third-order valence-corrected chi connectivity index (χ3v) is 5.41. The van der Waals surface area contributed by atoms with E-state index in [0.717, 1.165) is 36.4 Å². The molecule has 1 heterocycles. The lowest BCUT2D eigenvalue weighted by molar-refractivity contribution is -0.138. The predicted octanol–water partition coefficient (Wildman–Crippen LogP) is 9.14. The molecule has 1 nitrogen and oxygen atoms in total. The first kappa shape index (κ1) is 25.3. The summed E-state index contributed by atoms with van der Waals surface area (Å²) in [5.74, 6) is 0. The molecule has 0 radical (unpaired) electrons. The van der Waals surface area contributed by atoms with Crippen LogP contribution in [-0.2, 0) is 18.5 Å². The Morgan fingerprint density at radius 2 is 0.750 bits per heavy atom. The number of hydrogen-bond donors (Lipinski definition) is 0. The zero-order chi connectivity index (χ0) is 26.3. The van der Waals surface area contributed by atoms with Crippen LogP contribution < -0.4 is 0 Å². The van der Waals surface area contributed by atoms with Crippen molar-refractivity contribution in [2.24, 2.45) is 0 Å². The van der Waals surface area contributed by atoms with Gasteiger partial charge >= 0.3 is 18.5 Å². The van der Waals surface area contributed by atoms with Crippen molar-refractivity contribution < 1.29 is 39.5 Å². The third-order valence-electron chi connectivity index (χ3n) is 5.41. The number of nitrogens with zero attached hydrogens (tertiary/aromatic N) is 1. The number of benzene rings is 3. The highest BCUT2D eigenvalue weighted by Crippen LogP contribution is 2.38. The largest absolute Gasteiger partial charge is 0.416 e. The molecule has 0 spiro atoms. The van der Waals surface area contributed by atoms with Crippen LogP contribution in [-0.4, -0.2) is 4.98 Å². The lowest BCUT2D eigenvalue weighted by Crippen LogP contribution is -2.05. The molecule has 4 aromatic rings. The number of rotatable bonds is 3. The molecule has 1 aromatic heterocycles. The molecule has 0 atom stereocenters. The van der Waals surface area contributed by atoms with Crippen molar-refractivity contribution in [3.05, 3.63) is 102 Å². The quantitative estimate of drug-likeness (QED) is 0.250. The van der Waals surface area contributed by atoms with E-state index in [1.54, 1.807) is 0 Å². The van der Waals surface area contributed by atoms with E-state index in [4.69, 9.17) is 0 Å². The Hall–Kier alpha value is -3.82. The maximum absolute atomic E-state index is 13.0. The van der Waals surface area contributed by atoms with Crippen LogP contribution in [0, 0.1) is 0 Å². The summed E-state index contributed by atoms with van der Waals surface area (Å²) in [5, 5.41) is 0. The van der Waals surface area contributed by atoms with Gasteiger partial charge in [-0.2, -0.15) is 39.5 Å². The van der Waals surface area contributed by atoms with Gasteiger partial charge in [0.25, 0.3) is 0 Å². The molecule has 0 N–H and O–H groups in total. The highest BCUT2D eigenvalue weighted by Gasteiger charge is 2.32. The first-order valence-electron chi connectivity index (χ1n) is 10.3. The molecule has 0 unspecified atom stereocenters. The summed E-state index contributed by atoms with van der Waals surface area (Å²) in [5.41, 5.74) is -1.05. The molecule has 0 aliphatic rings. The van der Waals surface area contributed by atoms with Crippen molar-refractivity contribution in [3.63, 3.8) is 0 Å². The van der Waals surface area contributed by atoms with Gasteiger partial charge < -0.3 is 0 Å². The van der Waals surface area contributed by atoms with Crippen molar-refractivity contribution in [1.29, 1.82) is 0 Å². The summed E-state index contributed by atoms with van der Waals surface area (Å²) in [6, 6.07) is 15.4. The average molecular weight is 511 g/mol. The van der Waals surface area contributed by atoms with E-state index in [9.17, 15) is 39.5 Å². The minimum absolute atomic E-state index is 0.154. The van der Waals surface area contributed by atoms with Gasteiger partial charge in [0, 0.05) is 16.7 Å². The highest BCUT2D eigenvalue weighted by atomic mass is 19.4. The Bertz CT molecular complexity index is 1350. The minimum atomic E-state index is -4.58. The van der Waals surface area contributed by atoms with Crippen LogP contribution in [0.15, 0.2) is 84.9 Å². The van der Waals surface area contributed by atoms with E-state index >= 15 is 0 Å². The Kier molecular flexibility index (Phi) is 6.32. The van der Waals surface area contributed by atoms with E-state index in [2.05, 4.69) is 4.98 Å². The van der Waals surface area contributed by atoms with Crippen molar-refractivity contribution in [2.75, 3.05) is 0 Å². The Labute approximate surface area is 198 Å². The summed E-state index contributed by atoms with van der Waals surface area (Å²) >= 11 is 0. The SMILES string of the molecule is FC(F)(F)c1ccc(-c2ccc(-c3ccc(C(F)(F)F)cc3)c(-c3ccc(C(F)(F)F)cc3)n2)cc1. The molecule has 0 saturated heterocycles. The van der Waals surface area contributed by atoms with E-state index in [1.165, 1.54) is 48.5 Å². The van der Waals surface area contributed by atoms with Crippen LogP contribution in [0.4, 0.5) is 39.5 Å². The molecular formula is C26H14F9N. The van der Waals surface area contributed by atoms with Crippen LogP contribution in [0.5, 0.6) is 0 Å². The van der Waals surface area contributed by atoms with E-state index < -0.39 is 35.2 Å². The maximum atomic E-state index is 13.0. The zero-order valence-corrected chi connectivity index (χ0v) is 17.9. The molecule has 0 bridgehead atoms. The Balaban J connectivity index is 1.83. The van der Waals surface area contributed by atoms with Crippen LogP contribution in [0.2, 0.25) is 0 Å². The monoisotopic (exact) mass is 511 g/mol. The number of hydrogen-bond acceptors (Lipinski definition) is 1. The summed E-state index contributed by atoms with van der Waals surface area (Å²) < 4.78 is 117. The molecule has 0 fully saturated rings. The summed E-state index contributed by atoms with van der Waals surface area (Å²) in [6.07, 6.45) is -13.7. The maximum Gasteiger partial charge on any atom is 0.416 e. The number of pyridine rings is 1. The normalized spacial score (nSPS) is 12.6. The van der Waals surface area contributed by atoms with Gasteiger partial charge in [-0.1, -0.05) is 42.5 Å². The van der Waals surface area contributed by atoms with Crippen LogP contribution in [0.1, 0.15) is 16.7 Å². The lowest BCUT2D eigenvalue weighted by Gasteiger charge is -2.14. The van der Waals surface area contributed by atoms with Crippen molar-refractivity contribution in [2.45, 2.75) is 18.5 Å². The molecule has 0 amide bonds. The second kappa shape index (κ2) is 9.00. The Morgan fingerprint density at radius 1 is 0.389 bits per heavy atom. The fourth-order valence-electron chi connectivity index (χ4n) is 3.56. The fourth-order valence-corrected chi connectivity index (χ4v) is 3.56. The second-order valence-corrected chi connectivity index (χ2v) is 7.82.